The van der Waals surface area contributed by atoms with E-state index < -0.39 is 13.4 Å². The molecule has 0 aliphatic carbocycles. The van der Waals surface area contributed by atoms with Crippen molar-refractivity contribution in [3.05, 3.63) is 60.7 Å². The van der Waals surface area contributed by atoms with Gasteiger partial charge in [0.25, 0.3) is 13.4 Å². The van der Waals surface area contributed by atoms with Gasteiger partial charge in [0, 0.05) is 0 Å². The van der Waals surface area contributed by atoms with Crippen LogP contribution < -0.4 is 10.4 Å². The molecule has 2 aromatic rings. The minimum Gasteiger partial charge on any atom is -0.140 e. The Kier molecular flexibility index (Phi) is 7.82. The molecule has 0 spiro atoms. The lowest BCUT2D eigenvalue weighted by Gasteiger charge is -2.13. The van der Waals surface area contributed by atoms with E-state index in [1.807, 2.05) is 74.1 Å². The van der Waals surface area contributed by atoms with E-state index in [0.29, 0.717) is 0 Å². The van der Waals surface area contributed by atoms with E-state index in [2.05, 4.69) is 0 Å². The van der Waals surface area contributed by atoms with E-state index in [-0.39, 0.29) is 0 Å². The first-order valence-electron chi connectivity index (χ1n) is 6.64. The maximum Gasteiger partial charge on any atom is 0.280 e. The minimum absolute atomic E-state index is 0.861. The van der Waals surface area contributed by atoms with Crippen molar-refractivity contribution in [1.82, 2.24) is 0 Å². The second kappa shape index (κ2) is 8.61. The van der Waals surface area contributed by atoms with Crippen LogP contribution in [0.25, 0.3) is 0 Å². The van der Waals surface area contributed by atoms with Crippen LogP contribution in [0.5, 0.6) is 0 Å². The Morgan fingerprint density at radius 1 is 0.714 bits per heavy atom. The van der Waals surface area contributed by atoms with Crippen molar-refractivity contribution in [2.75, 3.05) is 0 Å². The Labute approximate surface area is 147 Å². The first kappa shape index (κ1) is 19.1. The first-order chi connectivity index (χ1) is 9.77. The second-order valence-corrected chi connectivity index (χ2v) is 19.3. The summed E-state index contributed by atoms with van der Waals surface area (Å²) in [5.41, 5.74) is 0. The lowest BCUT2D eigenvalue weighted by molar-refractivity contribution is 1.44. The molecular formula is C15H18Cl4Si2. The highest BCUT2D eigenvalue weighted by atomic mass is 35.7. The minimum atomic E-state index is -2.11. The third-order valence-corrected chi connectivity index (χ3v) is 10.6. The molecule has 0 radical (unpaired) electrons. The maximum absolute atomic E-state index is 6.15. The average Bonchev–Trinajstić information content (AvgIpc) is 2.49. The average molecular weight is 396 g/mol. The first-order valence-corrected chi connectivity index (χ1v) is 15.4. The van der Waals surface area contributed by atoms with Gasteiger partial charge in [-0.15, -0.1) is 44.3 Å². The summed E-state index contributed by atoms with van der Waals surface area (Å²) >= 11 is 24.2. The zero-order valence-electron chi connectivity index (χ0n) is 12.0. The molecule has 0 aliphatic rings. The van der Waals surface area contributed by atoms with Crippen LogP contribution in [0, 0.1) is 0 Å². The van der Waals surface area contributed by atoms with Gasteiger partial charge in [0.15, 0.2) is 0 Å². The Morgan fingerprint density at radius 3 is 1.38 bits per heavy atom. The number of benzene rings is 2. The van der Waals surface area contributed by atoms with Gasteiger partial charge in [0.1, 0.15) is 0 Å². The van der Waals surface area contributed by atoms with Crippen molar-refractivity contribution in [3.63, 3.8) is 0 Å². The third-order valence-electron chi connectivity index (χ3n) is 2.92. The molecule has 0 N–H and O–H groups in total. The van der Waals surface area contributed by atoms with E-state index in [0.717, 1.165) is 16.4 Å². The lowest BCUT2D eigenvalue weighted by atomic mass is 10.4. The van der Waals surface area contributed by atoms with Crippen LogP contribution in [0.4, 0.5) is 0 Å². The predicted octanol–water partition coefficient (Wildman–Crippen LogP) is 5.28. The van der Waals surface area contributed by atoms with Crippen molar-refractivity contribution in [1.29, 1.82) is 0 Å². The highest BCUT2D eigenvalue weighted by Crippen LogP contribution is 2.19. The van der Waals surface area contributed by atoms with Crippen molar-refractivity contribution < 1.29 is 0 Å². The molecule has 21 heavy (non-hydrogen) atoms. The molecule has 0 aromatic heterocycles. The molecule has 2 aromatic carbocycles. The molecule has 0 nitrogen and oxygen atoms in total. The van der Waals surface area contributed by atoms with E-state index in [1.165, 1.54) is 0 Å². The molecule has 0 saturated carbocycles. The Bertz CT molecular complexity index is 524. The number of halogens is 4. The van der Waals surface area contributed by atoms with Gasteiger partial charge in [-0.25, -0.2) is 0 Å². The topological polar surface area (TPSA) is 0 Å². The molecule has 0 aliphatic heterocycles. The molecule has 2 rings (SSSR count). The number of hydrogen-bond acceptors (Lipinski definition) is 0. The quantitative estimate of drug-likeness (QED) is 0.490. The smallest absolute Gasteiger partial charge is 0.140 e. The summed E-state index contributed by atoms with van der Waals surface area (Å²) in [7, 11) is 0. The van der Waals surface area contributed by atoms with Gasteiger partial charge in [0.2, 0.25) is 0 Å². The van der Waals surface area contributed by atoms with Crippen LogP contribution in [0.3, 0.4) is 0 Å². The summed E-state index contributed by atoms with van der Waals surface area (Å²) in [5, 5.41) is 2.17. The van der Waals surface area contributed by atoms with Gasteiger partial charge in [-0.1, -0.05) is 67.6 Å². The number of hydrogen-bond donors (Lipinski definition) is 0. The largest absolute Gasteiger partial charge is 0.280 e. The normalized spacial score (nSPS) is 11.5. The highest BCUT2D eigenvalue weighted by molar-refractivity contribution is 7.51. The van der Waals surface area contributed by atoms with E-state index in [9.17, 15) is 0 Å². The fourth-order valence-electron chi connectivity index (χ4n) is 1.62. The summed E-state index contributed by atoms with van der Waals surface area (Å²) in [5.74, 6) is 0. The van der Waals surface area contributed by atoms with Crippen LogP contribution >= 0.6 is 44.3 Å². The number of rotatable bonds is 3. The summed E-state index contributed by atoms with van der Waals surface area (Å²) in [6.07, 6.45) is 0. The fraction of sp³-hybridized carbons (Fsp3) is 0.200. The zero-order valence-corrected chi connectivity index (χ0v) is 17.0. The molecule has 0 heterocycles. The van der Waals surface area contributed by atoms with Crippen molar-refractivity contribution in [3.8, 4) is 0 Å². The Hall–Kier alpha value is 0.0338. The van der Waals surface area contributed by atoms with E-state index in [1.54, 1.807) is 0 Å². The third kappa shape index (κ3) is 6.76. The van der Waals surface area contributed by atoms with E-state index >= 15 is 0 Å². The fourth-order valence-corrected chi connectivity index (χ4v) is 4.99. The molecule has 0 amide bonds. The standard InChI is InChI=1S/C8H10Cl2Si.C7H8Cl2Si/c1-2-11(9,10)8-6-4-3-5-7-8;1-10(8,9)7-5-3-2-4-6-7/h3-7H,2H2,1H3;2-6H,1H3. The summed E-state index contributed by atoms with van der Waals surface area (Å²) < 4.78 is 0. The van der Waals surface area contributed by atoms with Crippen LogP contribution in [0.2, 0.25) is 12.6 Å². The molecule has 6 heteroatoms. The predicted molar refractivity (Wildman–Crippen MR) is 103 cm³/mol. The van der Waals surface area contributed by atoms with Gasteiger partial charge in [-0.2, -0.15) is 0 Å². The SMILES string of the molecule is CC[Si](Cl)(Cl)c1ccccc1.C[Si](Cl)(Cl)c1ccccc1. The van der Waals surface area contributed by atoms with Crippen LogP contribution in [0.1, 0.15) is 6.92 Å². The second-order valence-electron chi connectivity index (χ2n) is 4.68. The van der Waals surface area contributed by atoms with Gasteiger partial charge < -0.3 is 0 Å². The van der Waals surface area contributed by atoms with Crippen LogP contribution in [-0.2, 0) is 0 Å². The van der Waals surface area contributed by atoms with Crippen LogP contribution in [-0.4, -0.2) is 13.4 Å². The van der Waals surface area contributed by atoms with Gasteiger partial charge in [-0.3, -0.25) is 0 Å². The summed E-state index contributed by atoms with van der Waals surface area (Å²) in [4.78, 5) is 0. The molecule has 0 atom stereocenters. The lowest BCUT2D eigenvalue weighted by Crippen LogP contribution is -2.34. The van der Waals surface area contributed by atoms with Crippen molar-refractivity contribution in [2.45, 2.75) is 19.5 Å². The molecule has 0 saturated heterocycles. The molecular weight excluding hydrogens is 378 g/mol. The van der Waals surface area contributed by atoms with Crippen molar-refractivity contribution in [2.24, 2.45) is 0 Å². The molecule has 0 fully saturated rings. The summed E-state index contributed by atoms with van der Waals surface area (Å²) in [6.45, 7) is -0.277. The maximum atomic E-state index is 6.15. The summed E-state index contributed by atoms with van der Waals surface area (Å²) in [6, 6.07) is 20.5. The monoisotopic (exact) mass is 394 g/mol. The van der Waals surface area contributed by atoms with Gasteiger partial charge in [0.05, 0.1) is 0 Å². The Morgan fingerprint density at radius 2 is 1.10 bits per heavy atom. The zero-order chi connectivity index (χ0) is 15.9. The molecule has 0 unspecified atom stereocenters. The van der Waals surface area contributed by atoms with Gasteiger partial charge in [-0.05, 0) is 23.0 Å². The Balaban J connectivity index is 0.000000211. The van der Waals surface area contributed by atoms with E-state index in [4.69, 9.17) is 44.3 Å². The molecule has 114 valence electrons. The van der Waals surface area contributed by atoms with Crippen LogP contribution in [0.15, 0.2) is 60.7 Å². The van der Waals surface area contributed by atoms with Gasteiger partial charge >= 0.3 is 0 Å². The van der Waals surface area contributed by atoms with Crippen molar-refractivity contribution >= 4 is 68.1 Å². The molecule has 0 bridgehead atoms. The highest BCUT2D eigenvalue weighted by Gasteiger charge is 2.27.